The number of aryl methyl sites for hydroxylation is 1. The number of allylic oxidation sites excluding steroid dienone is 3. The van der Waals surface area contributed by atoms with Gasteiger partial charge in [0, 0.05) is 12.7 Å². The lowest BCUT2D eigenvalue weighted by atomic mass is 9.83. The van der Waals surface area contributed by atoms with E-state index in [-0.39, 0.29) is 5.54 Å². The fourth-order valence-electron chi connectivity index (χ4n) is 2.77. The highest BCUT2D eigenvalue weighted by Gasteiger charge is 2.32. The van der Waals surface area contributed by atoms with Gasteiger partial charge < -0.3 is 4.90 Å². The maximum absolute atomic E-state index is 2.35. The van der Waals surface area contributed by atoms with Crippen molar-refractivity contribution in [3.8, 4) is 0 Å². The molecule has 1 unspecified atom stereocenters. The SMILES string of the molecule is CC1=CC(C)(c2ccccc2C)N(C)C(C)=C1. The van der Waals surface area contributed by atoms with Gasteiger partial charge in [0.05, 0.1) is 5.54 Å². The summed E-state index contributed by atoms with van der Waals surface area (Å²) in [4.78, 5) is 2.35. The van der Waals surface area contributed by atoms with E-state index < -0.39 is 0 Å². The van der Waals surface area contributed by atoms with Crippen LogP contribution < -0.4 is 0 Å². The summed E-state index contributed by atoms with van der Waals surface area (Å²) < 4.78 is 0. The third kappa shape index (κ3) is 1.90. The van der Waals surface area contributed by atoms with Gasteiger partial charge in [-0.05, 0) is 44.9 Å². The van der Waals surface area contributed by atoms with E-state index in [4.69, 9.17) is 0 Å². The predicted molar refractivity (Wildman–Crippen MR) is 73.8 cm³/mol. The topological polar surface area (TPSA) is 3.24 Å². The predicted octanol–water partition coefficient (Wildman–Crippen LogP) is 4.01. The number of likely N-dealkylation sites (N-methyl/N-ethyl adjacent to an activating group) is 1. The molecule has 2 rings (SSSR count). The van der Waals surface area contributed by atoms with Crippen molar-refractivity contribution in [2.75, 3.05) is 7.05 Å². The van der Waals surface area contributed by atoms with Crippen molar-refractivity contribution in [2.45, 2.75) is 33.2 Å². The second-order valence-electron chi connectivity index (χ2n) is 5.20. The smallest absolute Gasteiger partial charge is 0.0810 e. The molecule has 0 saturated carbocycles. The lowest BCUT2D eigenvalue weighted by Gasteiger charge is -2.43. The minimum Gasteiger partial charge on any atom is -0.365 e. The maximum Gasteiger partial charge on any atom is 0.0810 e. The third-order valence-corrected chi connectivity index (χ3v) is 3.86. The molecule has 1 aliphatic rings. The summed E-state index contributed by atoms with van der Waals surface area (Å²) in [5.41, 5.74) is 5.35. The second-order valence-corrected chi connectivity index (χ2v) is 5.20. The van der Waals surface area contributed by atoms with Gasteiger partial charge in [-0.2, -0.15) is 0 Å². The number of hydrogen-bond donors (Lipinski definition) is 0. The van der Waals surface area contributed by atoms with Crippen LogP contribution in [-0.2, 0) is 5.54 Å². The Kier molecular flexibility index (Phi) is 2.86. The normalized spacial score (nSPS) is 24.4. The van der Waals surface area contributed by atoms with Crippen LogP contribution in [0.5, 0.6) is 0 Å². The van der Waals surface area contributed by atoms with Crippen LogP contribution in [0.1, 0.15) is 31.9 Å². The third-order valence-electron chi connectivity index (χ3n) is 3.86. The molecule has 1 heterocycles. The quantitative estimate of drug-likeness (QED) is 0.700. The molecular formula is C16H21N. The summed E-state index contributed by atoms with van der Waals surface area (Å²) in [5, 5.41) is 0. The molecule has 1 aromatic carbocycles. The van der Waals surface area contributed by atoms with Crippen molar-refractivity contribution in [3.05, 3.63) is 58.8 Å². The lowest BCUT2D eigenvalue weighted by Crippen LogP contribution is -2.40. The van der Waals surface area contributed by atoms with Crippen LogP contribution in [0.15, 0.2) is 47.7 Å². The molecule has 0 spiro atoms. The van der Waals surface area contributed by atoms with E-state index >= 15 is 0 Å². The summed E-state index contributed by atoms with van der Waals surface area (Å²) in [6.45, 7) is 8.82. The fraction of sp³-hybridized carbons (Fsp3) is 0.375. The lowest BCUT2D eigenvalue weighted by molar-refractivity contribution is 0.235. The molecule has 0 fully saturated rings. The first kappa shape index (κ1) is 12.0. The Morgan fingerprint density at radius 2 is 1.71 bits per heavy atom. The molecule has 0 aliphatic carbocycles. The fourth-order valence-corrected chi connectivity index (χ4v) is 2.77. The van der Waals surface area contributed by atoms with E-state index in [0.29, 0.717) is 0 Å². The van der Waals surface area contributed by atoms with Crippen LogP contribution in [0.4, 0.5) is 0 Å². The molecule has 0 N–H and O–H groups in total. The van der Waals surface area contributed by atoms with Crippen LogP contribution in [0.2, 0.25) is 0 Å². The standard InChI is InChI=1S/C16H21N/c1-12-10-14(3)17(5)16(4,11-12)15-9-7-6-8-13(15)2/h6-11H,1-5H3. The minimum atomic E-state index is -0.0335. The molecule has 1 nitrogen and oxygen atoms in total. The van der Waals surface area contributed by atoms with Crippen molar-refractivity contribution >= 4 is 0 Å². The van der Waals surface area contributed by atoms with Gasteiger partial charge in [0.1, 0.15) is 0 Å². The van der Waals surface area contributed by atoms with Crippen LogP contribution in [-0.4, -0.2) is 11.9 Å². The Bertz CT molecular complexity index is 496. The molecule has 0 saturated heterocycles. The highest BCUT2D eigenvalue weighted by atomic mass is 15.2. The first-order chi connectivity index (χ1) is 7.95. The number of nitrogens with zero attached hydrogens (tertiary/aromatic N) is 1. The molecule has 0 aromatic heterocycles. The zero-order valence-corrected chi connectivity index (χ0v) is 11.4. The van der Waals surface area contributed by atoms with Gasteiger partial charge in [-0.1, -0.05) is 35.9 Å². The van der Waals surface area contributed by atoms with E-state index in [1.54, 1.807) is 0 Å². The Hall–Kier alpha value is -1.50. The Balaban J connectivity index is 2.58. The summed E-state index contributed by atoms with van der Waals surface area (Å²) in [6, 6.07) is 8.64. The Labute approximate surface area is 104 Å². The number of rotatable bonds is 1. The Morgan fingerprint density at radius 1 is 1.06 bits per heavy atom. The van der Waals surface area contributed by atoms with Gasteiger partial charge in [0.2, 0.25) is 0 Å². The molecule has 1 atom stereocenters. The molecule has 1 aromatic rings. The largest absolute Gasteiger partial charge is 0.365 e. The zero-order valence-electron chi connectivity index (χ0n) is 11.4. The average molecular weight is 227 g/mol. The zero-order chi connectivity index (χ0) is 12.6. The van der Waals surface area contributed by atoms with E-state index in [0.717, 1.165) is 0 Å². The van der Waals surface area contributed by atoms with E-state index in [2.05, 4.69) is 76.1 Å². The highest BCUT2D eigenvalue weighted by molar-refractivity contribution is 5.42. The molecule has 90 valence electrons. The Morgan fingerprint density at radius 3 is 2.35 bits per heavy atom. The number of hydrogen-bond acceptors (Lipinski definition) is 1. The molecule has 17 heavy (non-hydrogen) atoms. The van der Waals surface area contributed by atoms with Crippen LogP contribution in [0.3, 0.4) is 0 Å². The van der Waals surface area contributed by atoms with Gasteiger partial charge >= 0.3 is 0 Å². The van der Waals surface area contributed by atoms with Crippen LogP contribution in [0.25, 0.3) is 0 Å². The van der Waals surface area contributed by atoms with Gasteiger partial charge in [-0.25, -0.2) is 0 Å². The van der Waals surface area contributed by atoms with Crippen LogP contribution in [0, 0.1) is 6.92 Å². The van der Waals surface area contributed by atoms with Crippen molar-refractivity contribution in [2.24, 2.45) is 0 Å². The molecular weight excluding hydrogens is 206 g/mol. The number of benzene rings is 1. The van der Waals surface area contributed by atoms with Crippen molar-refractivity contribution in [1.29, 1.82) is 0 Å². The van der Waals surface area contributed by atoms with Gasteiger partial charge in [-0.15, -0.1) is 0 Å². The first-order valence-corrected chi connectivity index (χ1v) is 6.13. The van der Waals surface area contributed by atoms with Gasteiger partial charge in [0.25, 0.3) is 0 Å². The summed E-state index contributed by atoms with van der Waals surface area (Å²) >= 11 is 0. The van der Waals surface area contributed by atoms with E-state index in [1.165, 1.54) is 22.4 Å². The van der Waals surface area contributed by atoms with Crippen molar-refractivity contribution in [1.82, 2.24) is 4.90 Å². The average Bonchev–Trinajstić information content (AvgIpc) is 2.26. The molecule has 0 radical (unpaired) electrons. The second kappa shape index (κ2) is 4.06. The minimum absolute atomic E-state index is 0.0335. The molecule has 0 bridgehead atoms. The van der Waals surface area contributed by atoms with E-state index in [9.17, 15) is 0 Å². The monoisotopic (exact) mass is 227 g/mol. The van der Waals surface area contributed by atoms with Crippen molar-refractivity contribution in [3.63, 3.8) is 0 Å². The van der Waals surface area contributed by atoms with Gasteiger partial charge in [0.15, 0.2) is 0 Å². The van der Waals surface area contributed by atoms with E-state index in [1.807, 2.05) is 0 Å². The summed E-state index contributed by atoms with van der Waals surface area (Å²) in [5.74, 6) is 0. The highest BCUT2D eigenvalue weighted by Crippen LogP contribution is 2.37. The van der Waals surface area contributed by atoms with Crippen LogP contribution >= 0.6 is 0 Å². The summed E-state index contributed by atoms with van der Waals surface area (Å²) in [7, 11) is 2.17. The maximum atomic E-state index is 2.35. The molecule has 0 amide bonds. The first-order valence-electron chi connectivity index (χ1n) is 6.13. The molecule has 1 aliphatic heterocycles. The van der Waals surface area contributed by atoms with Crippen molar-refractivity contribution < 1.29 is 0 Å². The summed E-state index contributed by atoms with van der Waals surface area (Å²) in [6.07, 6.45) is 4.59. The van der Waals surface area contributed by atoms with Gasteiger partial charge in [-0.3, -0.25) is 0 Å². The molecule has 1 heteroatoms.